The Kier molecular flexibility index (Phi) is 4.13. The fourth-order valence-corrected chi connectivity index (χ4v) is 1.32. The standard InChI is InChI=1S/C11H14ClN3O3/c1-11(2,10(13)18)5-14-8-4-6(9(16)17)3-7(12)15-8/h3-4H,5H2,1-2H3,(H2,13,18)(H,14,15)(H,16,17). The van der Waals surface area contributed by atoms with Crippen molar-refractivity contribution in [3.63, 3.8) is 0 Å². The molecule has 1 heterocycles. The van der Waals surface area contributed by atoms with E-state index in [2.05, 4.69) is 10.3 Å². The molecule has 18 heavy (non-hydrogen) atoms. The SMILES string of the molecule is CC(C)(CNc1cc(C(=O)O)cc(Cl)n1)C(N)=O. The highest BCUT2D eigenvalue weighted by Crippen LogP contribution is 2.18. The summed E-state index contributed by atoms with van der Waals surface area (Å²) in [5.74, 6) is -1.28. The summed E-state index contributed by atoms with van der Waals surface area (Å²) in [7, 11) is 0. The van der Waals surface area contributed by atoms with E-state index in [1.54, 1.807) is 13.8 Å². The van der Waals surface area contributed by atoms with E-state index in [4.69, 9.17) is 22.4 Å². The lowest BCUT2D eigenvalue weighted by molar-refractivity contribution is -0.125. The van der Waals surface area contributed by atoms with Gasteiger partial charge in [0.2, 0.25) is 5.91 Å². The van der Waals surface area contributed by atoms with Crippen LogP contribution in [0.3, 0.4) is 0 Å². The van der Waals surface area contributed by atoms with Crippen molar-refractivity contribution in [3.8, 4) is 0 Å². The summed E-state index contributed by atoms with van der Waals surface area (Å²) in [5.41, 5.74) is 4.48. The number of nitrogens with zero attached hydrogens (tertiary/aromatic N) is 1. The molecular formula is C11H14ClN3O3. The highest BCUT2D eigenvalue weighted by Gasteiger charge is 2.24. The molecule has 0 atom stereocenters. The van der Waals surface area contributed by atoms with Gasteiger partial charge in [-0.1, -0.05) is 11.6 Å². The molecule has 0 saturated heterocycles. The number of carboxylic acid groups (broad SMARTS) is 1. The number of pyridine rings is 1. The second-order valence-corrected chi connectivity index (χ2v) is 4.86. The number of carbonyl (C=O) groups excluding carboxylic acids is 1. The van der Waals surface area contributed by atoms with Crippen molar-refractivity contribution in [2.24, 2.45) is 11.1 Å². The predicted molar refractivity (Wildman–Crippen MR) is 67.7 cm³/mol. The minimum atomic E-state index is -1.10. The molecule has 0 aromatic carbocycles. The summed E-state index contributed by atoms with van der Waals surface area (Å²) in [4.78, 5) is 25.9. The van der Waals surface area contributed by atoms with Crippen LogP contribution < -0.4 is 11.1 Å². The largest absolute Gasteiger partial charge is 0.478 e. The first-order valence-electron chi connectivity index (χ1n) is 5.17. The smallest absolute Gasteiger partial charge is 0.335 e. The molecule has 1 amide bonds. The Morgan fingerprint density at radius 3 is 2.61 bits per heavy atom. The molecule has 0 fully saturated rings. The number of aromatic nitrogens is 1. The molecule has 0 aliphatic rings. The number of nitrogens with two attached hydrogens (primary N) is 1. The molecule has 7 heteroatoms. The zero-order chi connectivity index (χ0) is 13.9. The fourth-order valence-electron chi connectivity index (χ4n) is 1.11. The van der Waals surface area contributed by atoms with Crippen molar-refractivity contribution < 1.29 is 14.7 Å². The van der Waals surface area contributed by atoms with Gasteiger partial charge in [-0.2, -0.15) is 0 Å². The fraction of sp³-hybridized carbons (Fsp3) is 0.364. The third kappa shape index (κ3) is 3.59. The quantitative estimate of drug-likeness (QED) is 0.701. The molecule has 0 aliphatic carbocycles. The van der Waals surface area contributed by atoms with Crippen molar-refractivity contribution in [2.75, 3.05) is 11.9 Å². The van der Waals surface area contributed by atoms with Crippen LogP contribution in [0, 0.1) is 5.41 Å². The number of halogens is 1. The van der Waals surface area contributed by atoms with Crippen molar-refractivity contribution in [1.29, 1.82) is 0 Å². The Hall–Kier alpha value is -1.82. The van der Waals surface area contributed by atoms with E-state index in [1.165, 1.54) is 12.1 Å². The lowest BCUT2D eigenvalue weighted by atomic mass is 9.93. The number of anilines is 1. The first-order valence-corrected chi connectivity index (χ1v) is 5.55. The lowest BCUT2D eigenvalue weighted by Gasteiger charge is -2.21. The lowest BCUT2D eigenvalue weighted by Crippen LogP contribution is -2.37. The number of hydrogen-bond donors (Lipinski definition) is 3. The monoisotopic (exact) mass is 271 g/mol. The van der Waals surface area contributed by atoms with Gasteiger partial charge in [0.1, 0.15) is 11.0 Å². The molecule has 1 aromatic rings. The number of rotatable bonds is 5. The molecule has 0 aliphatic heterocycles. The van der Waals surface area contributed by atoms with Crippen molar-refractivity contribution in [3.05, 3.63) is 22.8 Å². The van der Waals surface area contributed by atoms with Crippen molar-refractivity contribution >= 4 is 29.3 Å². The molecule has 1 rings (SSSR count). The number of nitrogens with one attached hydrogen (secondary N) is 1. The van der Waals surface area contributed by atoms with E-state index in [-0.39, 0.29) is 23.1 Å². The van der Waals surface area contributed by atoms with Gasteiger partial charge in [-0.25, -0.2) is 9.78 Å². The number of amides is 1. The second kappa shape index (κ2) is 5.22. The summed E-state index contributed by atoms with van der Waals surface area (Å²) < 4.78 is 0. The van der Waals surface area contributed by atoms with Gasteiger partial charge < -0.3 is 16.2 Å². The Bertz CT molecular complexity index is 488. The van der Waals surface area contributed by atoms with Gasteiger partial charge in [-0.3, -0.25) is 4.79 Å². The van der Waals surface area contributed by atoms with Gasteiger partial charge in [0, 0.05) is 6.54 Å². The molecule has 0 bridgehead atoms. The van der Waals surface area contributed by atoms with Crippen LogP contribution in [0.1, 0.15) is 24.2 Å². The Morgan fingerprint density at radius 1 is 1.50 bits per heavy atom. The van der Waals surface area contributed by atoms with Crippen LogP contribution in [0.5, 0.6) is 0 Å². The molecule has 98 valence electrons. The van der Waals surface area contributed by atoms with Crippen molar-refractivity contribution in [2.45, 2.75) is 13.8 Å². The third-order valence-electron chi connectivity index (χ3n) is 2.42. The molecule has 0 spiro atoms. The third-order valence-corrected chi connectivity index (χ3v) is 2.61. The number of hydrogen-bond acceptors (Lipinski definition) is 4. The number of primary amides is 1. The van der Waals surface area contributed by atoms with E-state index >= 15 is 0 Å². The summed E-state index contributed by atoms with van der Waals surface area (Å²) in [5, 5.41) is 11.8. The zero-order valence-corrected chi connectivity index (χ0v) is 10.8. The first-order chi connectivity index (χ1) is 8.22. The summed E-state index contributed by atoms with van der Waals surface area (Å²) in [6, 6.07) is 2.58. The molecule has 0 saturated carbocycles. The number of aromatic carboxylic acids is 1. The van der Waals surface area contributed by atoms with Gasteiger partial charge in [-0.15, -0.1) is 0 Å². The summed E-state index contributed by atoms with van der Waals surface area (Å²) >= 11 is 5.70. The van der Waals surface area contributed by atoms with Crippen LogP contribution in [0.4, 0.5) is 5.82 Å². The maximum atomic E-state index is 11.1. The molecular weight excluding hydrogens is 258 g/mol. The maximum Gasteiger partial charge on any atom is 0.335 e. The predicted octanol–water partition coefficient (Wildman–Crippen LogP) is 1.36. The average Bonchev–Trinajstić information content (AvgIpc) is 2.25. The topological polar surface area (TPSA) is 105 Å². The van der Waals surface area contributed by atoms with Crippen LogP contribution in [0.15, 0.2) is 12.1 Å². The summed E-state index contributed by atoms with van der Waals surface area (Å²) in [6.45, 7) is 3.57. The van der Waals surface area contributed by atoms with Crippen LogP contribution in [-0.4, -0.2) is 28.5 Å². The summed E-state index contributed by atoms with van der Waals surface area (Å²) in [6.07, 6.45) is 0. The van der Waals surface area contributed by atoms with E-state index < -0.39 is 17.3 Å². The Labute approximate surface area is 109 Å². The van der Waals surface area contributed by atoms with E-state index in [9.17, 15) is 9.59 Å². The molecule has 0 unspecified atom stereocenters. The van der Waals surface area contributed by atoms with Gasteiger partial charge in [0.05, 0.1) is 11.0 Å². The van der Waals surface area contributed by atoms with Gasteiger partial charge in [0.25, 0.3) is 0 Å². The van der Waals surface area contributed by atoms with Crippen molar-refractivity contribution in [1.82, 2.24) is 4.98 Å². The van der Waals surface area contributed by atoms with Crippen LogP contribution in [-0.2, 0) is 4.79 Å². The van der Waals surface area contributed by atoms with Gasteiger partial charge >= 0.3 is 5.97 Å². The minimum absolute atomic E-state index is 0.0226. The molecule has 4 N–H and O–H groups in total. The van der Waals surface area contributed by atoms with E-state index in [0.29, 0.717) is 0 Å². The van der Waals surface area contributed by atoms with E-state index in [1.807, 2.05) is 0 Å². The zero-order valence-electron chi connectivity index (χ0n) is 10.0. The normalized spacial score (nSPS) is 11.1. The average molecular weight is 272 g/mol. The molecule has 6 nitrogen and oxygen atoms in total. The Morgan fingerprint density at radius 2 is 2.11 bits per heavy atom. The highest BCUT2D eigenvalue weighted by molar-refractivity contribution is 6.29. The van der Waals surface area contributed by atoms with Gasteiger partial charge in [-0.05, 0) is 26.0 Å². The molecule has 1 aromatic heterocycles. The highest BCUT2D eigenvalue weighted by atomic mass is 35.5. The van der Waals surface area contributed by atoms with E-state index in [0.717, 1.165) is 0 Å². The Balaban J connectivity index is 2.86. The second-order valence-electron chi connectivity index (χ2n) is 4.47. The maximum absolute atomic E-state index is 11.1. The number of carbonyl (C=O) groups is 2. The van der Waals surface area contributed by atoms with Crippen LogP contribution >= 0.6 is 11.6 Å². The molecule has 0 radical (unpaired) electrons. The van der Waals surface area contributed by atoms with Crippen LogP contribution in [0.25, 0.3) is 0 Å². The minimum Gasteiger partial charge on any atom is -0.478 e. The van der Waals surface area contributed by atoms with Crippen LogP contribution in [0.2, 0.25) is 5.15 Å². The van der Waals surface area contributed by atoms with Gasteiger partial charge in [0.15, 0.2) is 0 Å². The first kappa shape index (κ1) is 14.2. The number of carboxylic acids is 1.